The molecule has 0 amide bonds. The van der Waals surface area contributed by atoms with Crippen molar-refractivity contribution in [2.45, 2.75) is 44.3 Å². The largest absolute Gasteiger partial charge is 0.384 e. The highest BCUT2D eigenvalue weighted by Gasteiger charge is 2.34. The molecule has 0 radical (unpaired) electrons. The molecule has 4 rings (SSSR count). The molecule has 1 saturated heterocycles. The Morgan fingerprint density at radius 1 is 1.09 bits per heavy atom. The smallest absolute Gasteiger partial charge is 0.123 e. The van der Waals surface area contributed by atoms with Gasteiger partial charge in [-0.15, -0.1) is 0 Å². The van der Waals surface area contributed by atoms with E-state index in [1.54, 1.807) is 0 Å². The molecular weight excluding hydrogens is 282 g/mol. The first-order chi connectivity index (χ1) is 11.3. The molecule has 3 heterocycles. The van der Waals surface area contributed by atoms with Crippen LogP contribution in [0, 0.1) is 0 Å². The number of hydrogen-bond donors (Lipinski definition) is 1. The van der Waals surface area contributed by atoms with E-state index in [2.05, 4.69) is 52.4 Å². The van der Waals surface area contributed by atoms with E-state index in [0.717, 1.165) is 13.0 Å². The van der Waals surface area contributed by atoms with Gasteiger partial charge in [-0.1, -0.05) is 42.8 Å². The molecule has 2 aliphatic heterocycles. The fraction of sp³-hybridized carbons (Fsp3) is 0.350. The SMILES string of the molecule is Nc1ccc(C2=CC3CCCC(C2)N3Cc2ccccc2)cn1. The van der Waals surface area contributed by atoms with Crippen molar-refractivity contribution in [2.75, 3.05) is 5.73 Å². The topological polar surface area (TPSA) is 42.1 Å². The maximum Gasteiger partial charge on any atom is 0.123 e. The Bertz CT molecular complexity index is 691. The van der Waals surface area contributed by atoms with Gasteiger partial charge in [0, 0.05) is 24.8 Å². The first-order valence-electron chi connectivity index (χ1n) is 8.52. The average Bonchev–Trinajstić information content (AvgIpc) is 2.56. The quantitative estimate of drug-likeness (QED) is 0.936. The van der Waals surface area contributed by atoms with Crippen LogP contribution in [0.15, 0.2) is 54.7 Å². The molecule has 3 heteroatoms. The van der Waals surface area contributed by atoms with Gasteiger partial charge in [0.25, 0.3) is 0 Å². The van der Waals surface area contributed by atoms with Crippen molar-refractivity contribution in [3.05, 3.63) is 65.9 Å². The Balaban J connectivity index is 1.59. The predicted octanol–water partition coefficient (Wildman–Crippen LogP) is 3.87. The van der Waals surface area contributed by atoms with Crippen molar-refractivity contribution >= 4 is 11.4 Å². The van der Waals surface area contributed by atoms with Crippen LogP contribution < -0.4 is 5.73 Å². The fourth-order valence-corrected chi connectivity index (χ4v) is 3.97. The van der Waals surface area contributed by atoms with E-state index in [4.69, 9.17) is 5.73 Å². The predicted molar refractivity (Wildman–Crippen MR) is 94.7 cm³/mol. The summed E-state index contributed by atoms with van der Waals surface area (Å²) >= 11 is 0. The van der Waals surface area contributed by atoms with E-state index < -0.39 is 0 Å². The molecule has 3 nitrogen and oxygen atoms in total. The lowest BCUT2D eigenvalue weighted by atomic mass is 9.83. The van der Waals surface area contributed by atoms with Crippen LogP contribution in [-0.2, 0) is 6.54 Å². The summed E-state index contributed by atoms with van der Waals surface area (Å²) in [6.45, 7) is 1.06. The summed E-state index contributed by atoms with van der Waals surface area (Å²) in [5, 5.41) is 0. The van der Waals surface area contributed by atoms with E-state index in [0.29, 0.717) is 17.9 Å². The third-order valence-electron chi connectivity index (χ3n) is 5.15. The molecule has 2 atom stereocenters. The number of fused-ring (bicyclic) bond motifs is 2. The number of nitrogens with zero attached hydrogens (tertiary/aromatic N) is 2. The van der Waals surface area contributed by atoms with Gasteiger partial charge in [0.1, 0.15) is 5.82 Å². The lowest BCUT2D eigenvalue weighted by molar-refractivity contribution is 0.0951. The average molecular weight is 305 g/mol. The van der Waals surface area contributed by atoms with Crippen molar-refractivity contribution < 1.29 is 0 Å². The van der Waals surface area contributed by atoms with Crippen molar-refractivity contribution in [3.63, 3.8) is 0 Å². The lowest BCUT2D eigenvalue weighted by Crippen LogP contribution is -2.47. The highest BCUT2D eigenvalue weighted by molar-refractivity contribution is 5.67. The van der Waals surface area contributed by atoms with E-state index in [1.165, 1.54) is 36.0 Å². The van der Waals surface area contributed by atoms with Crippen LogP contribution in [0.5, 0.6) is 0 Å². The molecule has 2 aliphatic rings. The number of benzene rings is 1. The Kier molecular flexibility index (Phi) is 3.88. The van der Waals surface area contributed by atoms with Gasteiger partial charge < -0.3 is 5.73 Å². The second-order valence-corrected chi connectivity index (χ2v) is 6.68. The molecule has 1 fully saturated rings. The highest BCUT2D eigenvalue weighted by atomic mass is 15.2. The minimum absolute atomic E-state index is 0.551. The summed E-state index contributed by atoms with van der Waals surface area (Å²) in [4.78, 5) is 6.95. The van der Waals surface area contributed by atoms with Crippen molar-refractivity contribution in [3.8, 4) is 0 Å². The minimum atomic E-state index is 0.551. The number of anilines is 1. The van der Waals surface area contributed by atoms with Gasteiger partial charge >= 0.3 is 0 Å². The molecule has 0 aliphatic carbocycles. The second kappa shape index (κ2) is 6.17. The fourth-order valence-electron chi connectivity index (χ4n) is 3.97. The standard InChI is InChI=1S/C20H23N3/c21-20-10-9-16(13-22-20)17-11-18-7-4-8-19(12-17)23(18)14-15-5-2-1-3-6-15/h1-3,5-6,9-11,13,18-19H,4,7-8,12,14H2,(H2,21,22). The first-order valence-corrected chi connectivity index (χ1v) is 8.52. The van der Waals surface area contributed by atoms with Gasteiger partial charge in [0.15, 0.2) is 0 Å². The van der Waals surface area contributed by atoms with E-state index in [1.807, 2.05) is 12.3 Å². The summed E-state index contributed by atoms with van der Waals surface area (Å²) in [5.41, 5.74) is 9.80. The monoisotopic (exact) mass is 305 g/mol. The Labute approximate surface area is 137 Å². The number of pyridine rings is 1. The van der Waals surface area contributed by atoms with Crippen LogP contribution in [0.4, 0.5) is 5.82 Å². The molecule has 2 unspecified atom stereocenters. The summed E-state index contributed by atoms with van der Waals surface area (Å²) in [5.74, 6) is 0.594. The molecule has 1 aromatic carbocycles. The number of nitrogen functional groups attached to an aromatic ring is 1. The molecule has 0 saturated carbocycles. The molecule has 1 aromatic heterocycles. The molecule has 23 heavy (non-hydrogen) atoms. The number of aromatic nitrogens is 1. The Morgan fingerprint density at radius 3 is 2.70 bits per heavy atom. The van der Waals surface area contributed by atoms with Crippen LogP contribution in [0.25, 0.3) is 5.57 Å². The Morgan fingerprint density at radius 2 is 1.96 bits per heavy atom. The summed E-state index contributed by atoms with van der Waals surface area (Å²) in [6.07, 6.45) is 9.40. The molecule has 2 aromatic rings. The molecule has 2 bridgehead atoms. The van der Waals surface area contributed by atoms with Gasteiger partial charge in [-0.2, -0.15) is 0 Å². The number of piperidine rings is 1. The van der Waals surface area contributed by atoms with E-state index >= 15 is 0 Å². The maximum atomic E-state index is 5.72. The minimum Gasteiger partial charge on any atom is -0.384 e. The van der Waals surface area contributed by atoms with Crippen LogP contribution >= 0.6 is 0 Å². The van der Waals surface area contributed by atoms with E-state index in [9.17, 15) is 0 Å². The lowest BCUT2D eigenvalue weighted by Gasteiger charge is -2.45. The second-order valence-electron chi connectivity index (χ2n) is 6.68. The van der Waals surface area contributed by atoms with Gasteiger partial charge in [0.05, 0.1) is 0 Å². The zero-order valence-corrected chi connectivity index (χ0v) is 13.4. The van der Waals surface area contributed by atoms with Crippen LogP contribution in [-0.4, -0.2) is 22.0 Å². The van der Waals surface area contributed by atoms with Crippen LogP contribution in [0.1, 0.15) is 36.8 Å². The summed E-state index contributed by atoms with van der Waals surface area (Å²) in [7, 11) is 0. The first kappa shape index (κ1) is 14.5. The van der Waals surface area contributed by atoms with E-state index in [-0.39, 0.29) is 0 Å². The maximum absolute atomic E-state index is 5.72. The highest BCUT2D eigenvalue weighted by Crippen LogP contribution is 2.37. The molecule has 118 valence electrons. The van der Waals surface area contributed by atoms with Gasteiger partial charge in [-0.25, -0.2) is 4.98 Å². The van der Waals surface area contributed by atoms with Crippen molar-refractivity contribution in [1.82, 2.24) is 9.88 Å². The molecule has 0 spiro atoms. The number of rotatable bonds is 3. The van der Waals surface area contributed by atoms with Crippen molar-refractivity contribution in [2.24, 2.45) is 0 Å². The zero-order valence-electron chi connectivity index (χ0n) is 13.4. The van der Waals surface area contributed by atoms with Gasteiger partial charge in [-0.3, -0.25) is 4.90 Å². The summed E-state index contributed by atoms with van der Waals surface area (Å²) in [6, 6.07) is 16.0. The van der Waals surface area contributed by atoms with Gasteiger partial charge in [0.2, 0.25) is 0 Å². The van der Waals surface area contributed by atoms with Crippen LogP contribution in [0.3, 0.4) is 0 Å². The summed E-state index contributed by atoms with van der Waals surface area (Å²) < 4.78 is 0. The van der Waals surface area contributed by atoms with Crippen LogP contribution in [0.2, 0.25) is 0 Å². The third-order valence-corrected chi connectivity index (χ3v) is 5.15. The van der Waals surface area contributed by atoms with Gasteiger partial charge in [-0.05, 0) is 48.1 Å². The van der Waals surface area contributed by atoms with Crippen molar-refractivity contribution in [1.29, 1.82) is 0 Å². The number of hydrogen-bond acceptors (Lipinski definition) is 3. The molecule has 2 N–H and O–H groups in total. The normalized spacial score (nSPS) is 24.3. The third kappa shape index (κ3) is 3.02. The number of nitrogens with two attached hydrogens (primary N) is 1. The zero-order chi connectivity index (χ0) is 15.6. The Hall–Kier alpha value is -2.13. The molecular formula is C20H23N3.